The molecule has 1 saturated heterocycles. The number of halogens is 3. The fraction of sp³-hybridized carbons (Fsp3) is 0.263. The second-order valence-electron chi connectivity index (χ2n) is 6.62. The molecule has 0 atom stereocenters. The number of piperidine rings is 1. The van der Waals surface area contributed by atoms with Crippen molar-refractivity contribution >= 4 is 52.4 Å². The number of anilines is 1. The number of nitrogens with one attached hydrogen (secondary N) is 1. The van der Waals surface area contributed by atoms with Crippen LogP contribution in [0, 0.1) is 9.39 Å². The number of benzene rings is 2. The van der Waals surface area contributed by atoms with Crippen molar-refractivity contribution in [1.29, 1.82) is 0 Å². The van der Waals surface area contributed by atoms with Crippen molar-refractivity contribution in [2.24, 2.45) is 10.7 Å². The van der Waals surface area contributed by atoms with Crippen molar-refractivity contribution < 1.29 is 9.18 Å². The minimum Gasteiger partial charge on any atom is -0.383 e. The highest BCUT2D eigenvalue weighted by atomic mass is 127. The molecule has 0 radical (unpaired) electrons. The number of carbonyl (C=O) groups is 1. The molecule has 0 aromatic heterocycles. The molecular formula is C19H19ClFIN4O. The molecule has 0 unspecified atom stereocenters. The van der Waals surface area contributed by atoms with E-state index in [4.69, 9.17) is 5.73 Å². The normalized spacial score (nSPS) is 17.4. The van der Waals surface area contributed by atoms with Gasteiger partial charge < -0.3 is 16.0 Å². The van der Waals surface area contributed by atoms with E-state index in [1.165, 1.54) is 6.07 Å². The summed E-state index contributed by atoms with van der Waals surface area (Å²) in [7, 11) is 0. The van der Waals surface area contributed by atoms with Gasteiger partial charge in [0.2, 0.25) is 0 Å². The Kier molecular flexibility index (Phi) is 5.62. The van der Waals surface area contributed by atoms with Crippen molar-refractivity contribution in [3.05, 3.63) is 63.0 Å². The Morgan fingerprint density at radius 1 is 1.19 bits per heavy atom. The Hall–Kier alpha value is -1.87. The van der Waals surface area contributed by atoms with Crippen LogP contribution in [0.5, 0.6) is 0 Å². The van der Waals surface area contributed by atoms with Crippen LogP contribution in [0.25, 0.3) is 0 Å². The summed E-state index contributed by atoms with van der Waals surface area (Å²) < 4.78 is 15.1. The number of nitrogens with zero attached hydrogens (tertiary/aromatic N) is 2. The predicted octanol–water partition coefficient (Wildman–Crippen LogP) is 3.62. The first kappa shape index (κ1) is 19.9. The summed E-state index contributed by atoms with van der Waals surface area (Å²) in [5, 5.41) is 3.34. The quantitative estimate of drug-likeness (QED) is 0.588. The summed E-state index contributed by atoms with van der Waals surface area (Å²) in [6.07, 6.45) is 1.25. The molecule has 142 valence electrons. The van der Waals surface area contributed by atoms with Gasteiger partial charge in [0.25, 0.3) is 5.91 Å². The zero-order valence-corrected chi connectivity index (χ0v) is 17.4. The molecule has 0 bridgehead atoms. The molecule has 5 nitrogen and oxygen atoms in total. The van der Waals surface area contributed by atoms with E-state index >= 15 is 0 Å². The van der Waals surface area contributed by atoms with E-state index in [0.29, 0.717) is 42.7 Å². The van der Waals surface area contributed by atoms with Gasteiger partial charge in [0.15, 0.2) is 0 Å². The first-order chi connectivity index (χ1) is 12.5. The SMILES string of the molecule is Cl.NC1=NC2(CCN(C(=O)c3ccc(I)cc3)CC2)Nc2cccc(F)c21. The van der Waals surface area contributed by atoms with Crippen LogP contribution in [-0.2, 0) is 0 Å². The second-order valence-corrected chi connectivity index (χ2v) is 7.86. The van der Waals surface area contributed by atoms with E-state index in [1.807, 2.05) is 35.2 Å². The van der Waals surface area contributed by atoms with Gasteiger partial charge in [0.1, 0.15) is 17.3 Å². The minimum atomic E-state index is -0.576. The minimum absolute atomic E-state index is 0. The number of fused-ring (bicyclic) bond motifs is 1. The number of carbonyl (C=O) groups excluding carboxylic acids is 1. The van der Waals surface area contributed by atoms with Crippen LogP contribution in [0.2, 0.25) is 0 Å². The van der Waals surface area contributed by atoms with Crippen molar-refractivity contribution in [1.82, 2.24) is 4.90 Å². The number of hydrogen-bond donors (Lipinski definition) is 2. The van der Waals surface area contributed by atoms with Gasteiger partial charge in [-0.2, -0.15) is 0 Å². The summed E-state index contributed by atoms with van der Waals surface area (Å²) in [4.78, 5) is 19.1. The highest BCUT2D eigenvalue weighted by Gasteiger charge is 2.39. The summed E-state index contributed by atoms with van der Waals surface area (Å²) in [5.41, 5.74) is 7.14. The number of hydrogen-bond acceptors (Lipinski definition) is 4. The summed E-state index contributed by atoms with van der Waals surface area (Å²) >= 11 is 2.22. The third kappa shape index (κ3) is 3.75. The molecule has 1 fully saturated rings. The van der Waals surface area contributed by atoms with E-state index in [1.54, 1.807) is 6.07 Å². The number of amides is 1. The zero-order valence-electron chi connectivity index (χ0n) is 14.4. The number of rotatable bonds is 1. The molecule has 8 heteroatoms. The molecule has 2 aliphatic heterocycles. The van der Waals surface area contributed by atoms with Crippen LogP contribution >= 0.6 is 35.0 Å². The molecule has 2 heterocycles. The van der Waals surface area contributed by atoms with Crippen LogP contribution in [0.15, 0.2) is 47.5 Å². The van der Waals surface area contributed by atoms with Gasteiger partial charge in [-0.3, -0.25) is 4.79 Å². The van der Waals surface area contributed by atoms with Crippen LogP contribution in [0.3, 0.4) is 0 Å². The van der Waals surface area contributed by atoms with E-state index in [2.05, 4.69) is 32.9 Å². The monoisotopic (exact) mass is 500 g/mol. The van der Waals surface area contributed by atoms with Crippen LogP contribution in [0.1, 0.15) is 28.8 Å². The highest BCUT2D eigenvalue weighted by molar-refractivity contribution is 14.1. The standard InChI is InChI=1S/C19H18FIN4O.ClH/c20-14-2-1-3-15-16(14)17(22)24-19(23-15)8-10-25(11-9-19)18(26)12-4-6-13(21)7-5-12;/h1-7,23H,8-11H2,(H2,22,24);1H. The van der Waals surface area contributed by atoms with Gasteiger partial charge in [-0.15, -0.1) is 12.4 Å². The lowest BCUT2D eigenvalue weighted by Crippen LogP contribution is -2.52. The number of amidine groups is 1. The Balaban J connectivity index is 0.00000210. The largest absolute Gasteiger partial charge is 0.383 e. The molecule has 1 amide bonds. The Labute approximate surface area is 176 Å². The second kappa shape index (κ2) is 7.63. The first-order valence-electron chi connectivity index (χ1n) is 8.45. The molecule has 1 spiro atoms. The fourth-order valence-electron chi connectivity index (χ4n) is 3.55. The van der Waals surface area contributed by atoms with Crippen molar-refractivity contribution in [2.75, 3.05) is 18.4 Å². The Morgan fingerprint density at radius 3 is 2.52 bits per heavy atom. The molecule has 0 aliphatic carbocycles. The number of nitrogens with two attached hydrogens (primary N) is 1. The fourth-order valence-corrected chi connectivity index (χ4v) is 3.90. The maximum atomic E-state index is 14.0. The Morgan fingerprint density at radius 2 is 1.85 bits per heavy atom. The smallest absolute Gasteiger partial charge is 0.253 e. The lowest BCUT2D eigenvalue weighted by Gasteiger charge is -2.42. The molecule has 2 aliphatic rings. The number of likely N-dealkylation sites (tertiary alicyclic amines) is 1. The molecule has 2 aromatic rings. The maximum Gasteiger partial charge on any atom is 0.253 e. The molecule has 3 N–H and O–H groups in total. The molecular weight excluding hydrogens is 482 g/mol. The van der Waals surface area contributed by atoms with Crippen molar-refractivity contribution in [3.63, 3.8) is 0 Å². The average molecular weight is 501 g/mol. The maximum absolute atomic E-state index is 14.0. The summed E-state index contributed by atoms with van der Waals surface area (Å²) in [5.74, 6) is -0.137. The van der Waals surface area contributed by atoms with Gasteiger partial charge in [-0.25, -0.2) is 9.38 Å². The average Bonchev–Trinajstić information content (AvgIpc) is 2.62. The van der Waals surface area contributed by atoms with Crippen molar-refractivity contribution in [3.8, 4) is 0 Å². The third-order valence-electron chi connectivity index (χ3n) is 4.94. The highest BCUT2D eigenvalue weighted by Crippen LogP contribution is 2.35. The van der Waals surface area contributed by atoms with Gasteiger partial charge in [0.05, 0.1) is 5.56 Å². The zero-order chi connectivity index (χ0) is 18.3. The van der Waals surface area contributed by atoms with E-state index in [9.17, 15) is 9.18 Å². The predicted molar refractivity (Wildman–Crippen MR) is 115 cm³/mol. The van der Waals surface area contributed by atoms with Crippen LogP contribution in [0.4, 0.5) is 10.1 Å². The molecule has 0 saturated carbocycles. The molecule has 4 rings (SSSR count). The lowest BCUT2D eigenvalue weighted by atomic mass is 9.93. The van der Waals surface area contributed by atoms with Gasteiger partial charge in [0, 0.05) is 40.8 Å². The molecule has 2 aromatic carbocycles. The van der Waals surface area contributed by atoms with Gasteiger partial charge in [-0.1, -0.05) is 6.07 Å². The van der Waals surface area contributed by atoms with E-state index < -0.39 is 5.66 Å². The van der Waals surface area contributed by atoms with Crippen LogP contribution < -0.4 is 11.1 Å². The third-order valence-corrected chi connectivity index (χ3v) is 5.66. The van der Waals surface area contributed by atoms with E-state index in [-0.39, 0.29) is 30.0 Å². The topological polar surface area (TPSA) is 70.7 Å². The number of aliphatic imine (C=N–C) groups is 1. The first-order valence-corrected chi connectivity index (χ1v) is 9.53. The van der Waals surface area contributed by atoms with Crippen LogP contribution in [-0.4, -0.2) is 35.4 Å². The van der Waals surface area contributed by atoms with E-state index in [0.717, 1.165) is 3.57 Å². The lowest BCUT2D eigenvalue weighted by molar-refractivity contribution is 0.0685. The van der Waals surface area contributed by atoms with Gasteiger partial charge in [-0.05, 0) is 59.0 Å². The summed E-state index contributed by atoms with van der Waals surface area (Å²) in [6, 6.07) is 12.4. The van der Waals surface area contributed by atoms with Gasteiger partial charge >= 0.3 is 0 Å². The van der Waals surface area contributed by atoms with Crippen molar-refractivity contribution in [2.45, 2.75) is 18.5 Å². The molecule has 27 heavy (non-hydrogen) atoms. The Bertz CT molecular complexity index is 895. The summed E-state index contributed by atoms with van der Waals surface area (Å²) in [6.45, 7) is 1.14.